The van der Waals surface area contributed by atoms with Gasteiger partial charge in [-0.15, -0.1) is 0 Å². The van der Waals surface area contributed by atoms with Crippen molar-refractivity contribution >= 4 is 5.69 Å². The molecule has 0 bridgehead atoms. The fourth-order valence-electron chi connectivity index (χ4n) is 3.44. The van der Waals surface area contributed by atoms with Gasteiger partial charge in [-0.05, 0) is 19.1 Å². The summed E-state index contributed by atoms with van der Waals surface area (Å²) in [6, 6.07) is 8.27. The van der Waals surface area contributed by atoms with Gasteiger partial charge >= 0.3 is 0 Å². The number of allylic oxidation sites excluding steroid dienone is 2. The SMILES string of the molecule is Cc1ccc(N2NN3C4C=CC=CC4N(N)CC3C2O)cc1. The number of fused-ring (bicyclic) bond motifs is 3. The highest BCUT2D eigenvalue weighted by atomic mass is 16.3. The Morgan fingerprint density at radius 1 is 1.14 bits per heavy atom. The molecule has 4 unspecified atom stereocenters. The molecular weight excluding hydrogens is 278 g/mol. The van der Waals surface area contributed by atoms with Crippen LogP contribution in [0.15, 0.2) is 48.6 Å². The second-order valence-corrected chi connectivity index (χ2v) is 6.14. The van der Waals surface area contributed by atoms with Gasteiger partial charge < -0.3 is 5.11 Å². The molecule has 0 spiro atoms. The zero-order chi connectivity index (χ0) is 15.3. The van der Waals surface area contributed by atoms with Crippen LogP contribution < -0.4 is 16.4 Å². The summed E-state index contributed by atoms with van der Waals surface area (Å²) < 4.78 is 0. The highest BCUT2D eigenvalue weighted by Crippen LogP contribution is 2.31. The summed E-state index contributed by atoms with van der Waals surface area (Å²) in [5.41, 5.74) is 5.49. The van der Waals surface area contributed by atoms with E-state index in [1.165, 1.54) is 5.56 Å². The van der Waals surface area contributed by atoms with Gasteiger partial charge in [-0.3, -0.25) is 10.9 Å². The van der Waals surface area contributed by atoms with Gasteiger partial charge in [0.15, 0.2) is 6.23 Å². The van der Waals surface area contributed by atoms with Crippen LogP contribution in [0, 0.1) is 6.92 Å². The van der Waals surface area contributed by atoms with Crippen LogP contribution in [0.1, 0.15) is 5.56 Å². The van der Waals surface area contributed by atoms with Crippen LogP contribution in [0.4, 0.5) is 5.69 Å². The highest BCUT2D eigenvalue weighted by molar-refractivity contribution is 5.48. The van der Waals surface area contributed by atoms with Gasteiger partial charge in [0, 0.05) is 6.54 Å². The van der Waals surface area contributed by atoms with Gasteiger partial charge in [-0.2, -0.15) is 5.53 Å². The minimum Gasteiger partial charge on any atom is -0.370 e. The molecule has 0 amide bonds. The first-order chi connectivity index (χ1) is 10.6. The average Bonchev–Trinajstić information content (AvgIpc) is 2.86. The third-order valence-electron chi connectivity index (χ3n) is 4.68. The first-order valence-corrected chi connectivity index (χ1v) is 7.60. The van der Waals surface area contributed by atoms with E-state index in [9.17, 15) is 5.11 Å². The molecule has 4 atom stereocenters. The molecule has 1 aromatic rings. The number of hydrogen-bond acceptors (Lipinski definition) is 6. The van der Waals surface area contributed by atoms with Gasteiger partial charge in [0.1, 0.15) is 0 Å². The van der Waals surface area contributed by atoms with Crippen LogP contribution in [0.2, 0.25) is 0 Å². The largest absolute Gasteiger partial charge is 0.370 e. The third kappa shape index (κ3) is 2.08. The summed E-state index contributed by atoms with van der Waals surface area (Å²) in [4.78, 5) is 0. The number of piperazine rings is 1. The lowest BCUT2D eigenvalue weighted by Crippen LogP contribution is -2.66. The minimum absolute atomic E-state index is 0.0799. The van der Waals surface area contributed by atoms with Crippen molar-refractivity contribution in [3.05, 3.63) is 54.1 Å². The molecule has 116 valence electrons. The number of rotatable bonds is 1. The number of anilines is 1. The molecule has 0 aromatic heterocycles. The molecule has 3 aliphatic rings. The maximum Gasteiger partial charge on any atom is 0.160 e. The number of aliphatic hydroxyl groups excluding tert-OH is 1. The second kappa shape index (κ2) is 5.19. The van der Waals surface area contributed by atoms with Crippen molar-refractivity contribution in [2.24, 2.45) is 5.84 Å². The van der Waals surface area contributed by atoms with Crippen molar-refractivity contribution in [2.75, 3.05) is 11.6 Å². The maximum absolute atomic E-state index is 10.7. The summed E-state index contributed by atoms with van der Waals surface area (Å²) in [5.74, 6) is 6.18. The van der Waals surface area contributed by atoms with Crippen molar-refractivity contribution in [3.8, 4) is 0 Å². The van der Waals surface area contributed by atoms with Crippen LogP contribution in [-0.2, 0) is 0 Å². The number of benzene rings is 1. The summed E-state index contributed by atoms with van der Waals surface area (Å²) in [7, 11) is 0. The third-order valence-corrected chi connectivity index (χ3v) is 4.68. The molecule has 2 saturated heterocycles. The first-order valence-electron chi connectivity index (χ1n) is 7.60. The molecule has 6 nitrogen and oxygen atoms in total. The van der Waals surface area contributed by atoms with E-state index in [4.69, 9.17) is 5.84 Å². The lowest BCUT2D eigenvalue weighted by molar-refractivity contribution is -0.0161. The Labute approximate surface area is 130 Å². The molecule has 0 saturated carbocycles. The molecule has 4 rings (SSSR count). The lowest BCUT2D eigenvalue weighted by Gasteiger charge is -2.45. The van der Waals surface area contributed by atoms with Crippen LogP contribution in [-0.4, -0.2) is 46.0 Å². The van der Waals surface area contributed by atoms with Crippen molar-refractivity contribution in [1.29, 1.82) is 0 Å². The molecule has 4 N–H and O–H groups in total. The average molecular weight is 299 g/mol. The summed E-state index contributed by atoms with van der Waals surface area (Å²) in [6.45, 7) is 2.66. The summed E-state index contributed by atoms with van der Waals surface area (Å²) in [5, 5.41) is 16.4. The van der Waals surface area contributed by atoms with Gasteiger partial charge in [-0.1, -0.05) is 42.0 Å². The van der Waals surface area contributed by atoms with Crippen LogP contribution in [0.25, 0.3) is 0 Å². The molecular formula is C16H21N5O. The number of nitrogens with zero attached hydrogens (tertiary/aromatic N) is 3. The van der Waals surface area contributed by atoms with E-state index in [1.54, 1.807) is 0 Å². The Kier molecular flexibility index (Phi) is 3.28. The Hall–Kier alpha value is -1.70. The molecule has 2 aliphatic heterocycles. The zero-order valence-electron chi connectivity index (χ0n) is 12.5. The Morgan fingerprint density at radius 3 is 2.55 bits per heavy atom. The molecule has 0 radical (unpaired) electrons. The predicted octanol–water partition coefficient (Wildman–Crippen LogP) is 0.276. The van der Waals surface area contributed by atoms with E-state index in [0.29, 0.717) is 6.54 Å². The Bertz CT molecular complexity index is 613. The minimum atomic E-state index is -0.644. The standard InChI is InChI=1S/C16H21N5O/c1-11-6-8-12(9-7-11)20-16(22)15-10-19(17)13-4-2-3-5-14(13)21(15)18-20/h2-9,13-16,18,22H,10,17H2,1H3. The fraction of sp³-hybridized carbons (Fsp3) is 0.375. The Balaban J connectivity index is 1.63. The van der Waals surface area contributed by atoms with Crippen molar-refractivity contribution in [3.63, 3.8) is 0 Å². The van der Waals surface area contributed by atoms with Gasteiger partial charge in [-0.25, -0.2) is 10.0 Å². The number of hydrogen-bond donors (Lipinski definition) is 3. The van der Waals surface area contributed by atoms with Gasteiger partial charge in [0.2, 0.25) is 0 Å². The second-order valence-electron chi connectivity index (χ2n) is 6.14. The molecule has 2 fully saturated rings. The van der Waals surface area contributed by atoms with Crippen LogP contribution >= 0.6 is 0 Å². The van der Waals surface area contributed by atoms with E-state index in [0.717, 1.165) is 5.69 Å². The molecule has 6 heteroatoms. The van der Waals surface area contributed by atoms with E-state index < -0.39 is 6.23 Å². The highest BCUT2D eigenvalue weighted by Gasteiger charge is 2.49. The number of aryl methyl sites for hydroxylation is 1. The smallest absolute Gasteiger partial charge is 0.160 e. The van der Waals surface area contributed by atoms with Crippen molar-refractivity contribution < 1.29 is 5.11 Å². The first kappa shape index (κ1) is 13.9. The quantitative estimate of drug-likeness (QED) is 0.647. The maximum atomic E-state index is 10.7. The van der Waals surface area contributed by atoms with Crippen LogP contribution in [0.5, 0.6) is 0 Å². The fourth-order valence-corrected chi connectivity index (χ4v) is 3.44. The number of nitrogens with two attached hydrogens (primary N) is 1. The van der Waals surface area contributed by atoms with E-state index in [2.05, 4.69) is 29.6 Å². The molecule has 1 aromatic carbocycles. The van der Waals surface area contributed by atoms with E-state index in [-0.39, 0.29) is 18.1 Å². The summed E-state index contributed by atoms with van der Waals surface area (Å²) >= 11 is 0. The molecule has 2 heterocycles. The molecule has 22 heavy (non-hydrogen) atoms. The number of nitrogens with one attached hydrogen (secondary N) is 1. The van der Waals surface area contributed by atoms with Gasteiger partial charge in [0.05, 0.1) is 23.8 Å². The van der Waals surface area contributed by atoms with E-state index in [1.807, 2.05) is 46.4 Å². The topological polar surface area (TPSA) is 68.0 Å². The van der Waals surface area contributed by atoms with Gasteiger partial charge in [0.25, 0.3) is 0 Å². The van der Waals surface area contributed by atoms with Crippen molar-refractivity contribution in [2.45, 2.75) is 31.3 Å². The number of aliphatic hydroxyl groups is 1. The number of hydrazine groups is 3. The monoisotopic (exact) mass is 299 g/mol. The lowest BCUT2D eigenvalue weighted by atomic mass is 9.96. The van der Waals surface area contributed by atoms with E-state index >= 15 is 0 Å². The van der Waals surface area contributed by atoms with Crippen molar-refractivity contribution in [1.82, 2.24) is 15.6 Å². The normalized spacial score (nSPS) is 34.8. The zero-order valence-corrected chi connectivity index (χ0v) is 12.5. The molecule has 1 aliphatic carbocycles. The summed E-state index contributed by atoms with van der Waals surface area (Å²) in [6.07, 6.45) is 7.62. The Morgan fingerprint density at radius 2 is 1.82 bits per heavy atom. The predicted molar refractivity (Wildman–Crippen MR) is 85.2 cm³/mol. The van der Waals surface area contributed by atoms with Crippen LogP contribution in [0.3, 0.4) is 0 Å².